The second-order valence-electron chi connectivity index (χ2n) is 6.31. The Morgan fingerprint density at radius 3 is 2.00 bits per heavy atom. The van der Waals surface area contributed by atoms with Crippen LogP contribution in [0.2, 0.25) is 0 Å². The van der Waals surface area contributed by atoms with Crippen LogP contribution in [-0.2, 0) is 4.79 Å². The van der Waals surface area contributed by atoms with Crippen molar-refractivity contribution in [2.75, 3.05) is 6.54 Å². The topological polar surface area (TPSA) is 63.3 Å². The number of nitrogens with two attached hydrogens (primary N) is 1. The molecule has 3 N–H and O–H groups in total. The molecule has 0 aromatic heterocycles. The van der Waals surface area contributed by atoms with E-state index in [0.717, 1.165) is 11.8 Å². The van der Waals surface area contributed by atoms with E-state index in [9.17, 15) is 4.79 Å². The fourth-order valence-corrected chi connectivity index (χ4v) is 5.10. The average Bonchev–Trinajstić information content (AvgIpc) is 2.22. The van der Waals surface area contributed by atoms with Gasteiger partial charge in [-0.3, -0.25) is 4.79 Å². The molecule has 0 saturated heterocycles. The smallest absolute Gasteiger partial charge is 0.303 e. The van der Waals surface area contributed by atoms with Crippen molar-refractivity contribution in [2.24, 2.45) is 34.8 Å². The van der Waals surface area contributed by atoms with Gasteiger partial charge in [-0.15, -0.1) is 0 Å². The van der Waals surface area contributed by atoms with Crippen LogP contribution in [0.25, 0.3) is 0 Å². The molecule has 0 spiro atoms. The summed E-state index contributed by atoms with van der Waals surface area (Å²) in [5, 5.41) is 9.14. The monoisotopic (exact) mass is 223 g/mol. The predicted octanol–water partition coefficient (Wildman–Crippen LogP) is 1.86. The van der Waals surface area contributed by atoms with Crippen molar-refractivity contribution in [3.63, 3.8) is 0 Å². The molecule has 4 aliphatic rings. The Labute approximate surface area is 96.4 Å². The van der Waals surface area contributed by atoms with E-state index in [4.69, 9.17) is 10.8 Å². The highest BCUT2D eigenvalue weighted by Gasteiger charge is 2.56. The summed E-state index contributed by atoms with van der Waals surface area (Å²) in [6.07, 6.45) is 6.70. The second kappa shape index (κ2) is 3.46. The van der Waals surface area contributed by atoms with Gasteiger partial charge in [0, 0.05) is 0 Å². The van der Waals surface area contributed by atoms with Gasteiger partial charge in [0.05, 0.1) is 6.42 Å². The van der Waals surface area contributed by atoms with Crippen LogP contribution in [-0.4, -0.2) is 17.6 Å². The van der Waals surface area contributed by atoms with Crippen molar-refractivity contribution < 1.29 is 9.90 Å². The van der Waals surface area contributed by atoms with E-state index >= 15 is 0 Å². The Bertz CT molecular complexity index is 285. The maximum absolute atomic E-state index is 11.1. The number of rotatable bonds is 3. The van der Waals surface area contributed by atoms with Crippen LogP contribution in [0.4, 0.5) is 0 Å². The zero-order valence-corrected chi connectivity index (χ0v) is 9.69. The molecular formula is C13H21NO2. The molecule has 3 nitrogen and oxygen atoms in total. The van der Waals surface area contributed by atoms with Gasteiger partial charge in [0.1, 0.15) is 0 Å². The van der Waals surface area contributed by atoms with Gasteiger partial charge in [-0.05, 0) is 67.7 Å². The van der Waals surface area contributed by atoms with Crippen LogP contribution < -0.4 is 5.73 Å². The Kier molecular flexibility index (Phi) is 2.29. The Hall–Kier alpha value is -0.570. The lowest BCUT2D eigenvalue weighted by Gasteiger charge is -2.60. The van der Waals surface area contributed by atoms with E-state index < -0.39 is 5.97 Å². The molecule has 0 aliphatic heterocycles. The maximum atomic E-state index is 11.1. The second-order valence-corrected chi connectivity index (χ2v) is 6.31. The van der Waals surface area contributed by atoms with Crippen molar-refractivity contribution in [3.05, 3.63) is 0 Å². The van der Waals surface area contributed by atoms with Crippen LogP contribution in [0.1, 0.15) is 38.5 Å². The first-order valence-corrected chi connectivity index (χ1v) is 6.56. The number of hydrogen-bond acceptors (Lipinski definition) is 2. The van der Waals surface area contributed by atoms with E-state index in [1.807, 2.05) is 0 Å². The summed E-state index contributed by atoms with van der Waals surface area (Å²) in [4.78, 5) is 11.1. The fraction of sp³-hybridized carbons (Fsp3) is 0.923. The third-order valence-electron chi connectivity index (χ3n) is 5.62. The minimum absolute atomic E-state index is 0.0563. The zero-order chi connectivity index (χ0) is 11.3. The summed E-state index contributed by atoms with van der Waals surface area (Å²) in [6, 6.07) is 0. The van der Waals surface area contributed by atoms with Gasteiger partial charge in [-0.1, -0.05) is 0 Å². The van der Waals surface area contributed by atoms with Crippen LogP contribution in [0, 0.1) is 29.1 Å². The molecule has 0 amide bonds. The SMILES string of the molecule is NCC1(CC(=O)O)[C@H]2CC3C[C@H](C2)C[C@H]1C3. The van der Waals surface area contributed by atoms with Crippen molar-refractivity contribution in [3.8, 4) is 0 Å². The highest BCUT2D eigenvalue weighted by atomic mass is 16.4. The lowest BCUT2D eigenvalue weighted by Crippen LogP contribution is -2.56. The first-order chi connectivity index (χ1) is 7.64. The molecule has 0 aromatic rings. The van der Waals surface area contributed by atoms with Crippen LogP contribution >= 0.6 is 0 Å². The molecular weight excluding hydrogens is 202 g/mol. The number of carboxylic acid groups (broad SMARTS) is 1. The molecule has 16 heavy (non-hydrogen) atoms. The standard InChI is InChI=1S/C13H21NO2/c14-7-13(6-12(15)16)10-2-8-1-9(4-10)5-11(13)3-8/h8-11H,1-7,14H2,(H,15,16)/t8-,9?,10-,11+,13?. The Morgan fingerprint density at radius 2 is 1.62 bits per heavy atom. The number of carbonyl (C=O) groups is 1. The molecule has 0 heterocycles. The van der Waals surface area contributed by atoms with Gasteiger partial charge >= 0.3 is 5.97 Å². The fourth-order valence-electron chi connectivity index (χ4n) is 5.10. The average molecular weight is 223 g/mol. The molecule has 0 unspecified atom stereocenters. The molecule has 4 saturated carbocycles. The van der Waals surface area contributed by atoms with E-state index in [1.54, 1.807) is 0 Å². The molecule has 4 rings (SSSR count). The zero-order valence-electron chi connectivity index (χ0n) is 9.69. The van der Waals surface area contributed by atoms with Crippen LogP contribution in [0.3, 0.4) is 0 Å². The third-order valence-corrected chi connectivity index (χ3v) is 5.62. The minimum Gasteiger partial charge on any atom is -0.481 e. The summed E-state index contributed by atoms with van der Waals surface area (Å²) >= 11 is 0. The lowest BCUT2D eigenvalue weighted by atomic mass is 9.44. The number of carboxylic acids is 1. The summed E-state index contributed by atoms with van der Waals surface area (Å²) < 4.78 is 0. The summed E-state index contributed by atoms with van der Waals surface area (Å²) in [5.41, 5.74) is 5.92. The summed E-state index contributed by atoms with van der Waals surface area (Å²) in [6.45, 7) is 0.577. The van der Waals surface area contributed by atoms with Gasteiger partial charge in [-0.25, -0.2) is 0 Å². The maximum Gasteiger partial charge on any atom is 0.303 e. The van der Waals surface area contributed by atoms with Gasteiger partial charge in [-0.2, -0.15) is 0 Å². The molecule has 0 atom stereocenters. The van der Waals surface area contributed by atoms with Gasteiger partial charge in [0.2, 0.25) is 0 Å². The molecule has 3 heteroatoms. The molecule has 4 aliphatic carbocycles. The van der Waals surface area contributed by atoms with Gasteiger partial charge < -0.3 is 10.8 Å². The Morgan fingerprint density at radius 1 is 1.12 bits per heavy atom. The molecule has 90 valence electrons. The van der Waals surface area contributed by atoms with E-state index in [1.165, 1.54) is 32.1 Å². The van der Waals surface area contributed by atoms with Crippen molar-refractivity contribution in [1.29, 1.82) is 0 Å². The van der Waals surface area contributed by atoms with Gasteiger partial charge in [0.25, 0.3) is 0 Å². The number of hydrogen-bond donors (Lipinski definition) is 2. The van der Waals surface area contributed by atoms with Crippen LogP contribution in [0.15, 0.2) is 0 Å². The van der Waals surface area contributed by atoms with E-state index in [2.05, 4.69) is 0 Å². The molecule has 4 fully saturated rings. The predicted molar refractivity (Wildman–Crippen MR) is 60.8 cm³/mol. The molecule has 4 bridgehead atoms. The molecule has 0 aromatic carbocycles. The van der Waals surface area contributed by atoms with Crippen LogP contribution in [0.5, 0.6) is 0 Å². The lowest BCUT2D eigenvalue weighted by molar-refractivity contribution is -0.153. The van der Waals surface area contributed by atoms with E-state index in [-0.39, 0.29) is 5.41 Å². The Balaban J connectivity index is 1.90. The third kappa shape index (κ3) is 1.33. The largest absolute Gasteiger partial charge is 0.481 e. The quantitative estimate of drug-likeness (QED) is 0.767. The highest BCUT2D eigenvalue weighted by molar-refractivity contribution is 5.68. The first kappa shape index (κ1) is 10.6. The van der Waals surface area contributed by atoms with E-state index in [0.29, 0.717) is 24.8 Å². The van der Waals surface area contributed by atoms with Crippen molar-refractivity contribution in [1.82, 2.24) is 0 Å². The summed E-state index contributed by atoms with van der Waals surface area (Å²) in [5.74, 6) is 2.32. The van der Waals surface area contributed by atoms with Gasteiger partial charge in [0.15, 0.2) is 0 Å². The first-order valence-electron chi connectivity index (χ1n) is 6.56. The number of aliphatic carboxylic acids is 1. The summed E-state index contributed by atoms with van der Waals surface area (Å²) in [7, 11) is 0. The minimum atomic E-state index is -0.655. The van der Waals surface area contributed by atoms with Crippen molar-refractivity contribution in [2.45, 2.75) is 38.5 Å². The highest BCUT2D eigenvalue weighted by Crippen LogP contribution is 2.63. The molecule has 0 radical (unpaired) electrons. The van der Waals surface area contributed by atoms with Crippen molar-refractivity contribution >= 4 is 5.97 Å². The normalized spacial score (nSPS) is 49.6.